The lowest BCUT2D eigenvalue weighted by Crippen LogP contribution is -2.29. The number of pyridine rings is 1. The van der Waals surface area contributed by atoms with Crippen LogP contribution in [0.3, 0.4) is 0 Å². The number of benzene rings is 1. The Hall–Kier alpha value is -3.78. The van der Waals surface area contributed by atoms with E-state index in [0.29, 0.717) is 28.4 Å². The van der Waals surface area contributed by atoms with Gasteiger partial charge < -0.3 is 10.2 Å². The first-order chi connectivity index (χ1) is 17.4. The zero-order chi connectivity index (χ0) is 26.5. The van der Waals surface area contributed by atoms with Gasteiger partial charge in [-0.1, -0.05) is 46.3 Å². The number of hydroxylamine groups is 1. The van der Waals surface area contributed by atoms with E-state index in [2.05, 4.69) is 48.2 Å². The molecule has 192 valence electrons. The number of aromatic nitrogens is 3. The van der Waals surface area contributed by atoms with E-state index in [1.165, 1.54) is 18.6 Å². The van der Waals surface area contributed by atoms with Crippen molar-refractivity contribution in [1.29, 1.82) is 0 Å². The number of amides is 1. The molecular formula is C28H36FN5O2. The molecule has 8 heteroatoms. The highest BCUT2D eigenvalue weighted by Gasteiger charge is 2.22. The lowest BCUT2D eigenvalue weighted by molar-refractivity contribution is -0.116. The van der Waals surface area contributed by atoms with Crippen molar-refractivity contribution in [3.63, 3.8) is 0 Å². The Morgan fingerprint density at radius 3 is 2.39 bits per heavy atom. The largest absolute Gasteiger partial charge is 0.389 e. The van der Waals surface area contributed by atoms with Gasteiger partial charge in [0.15, 0.2) is 0 Å². The van der Waals surface area contributed by atoms with Gasteiger partial charge in [-0.05, 0) is 55.3 Å². The Morgan fingerprint density at radius 1 is 1.17 bits per heavy atom. The Bertz CT molecular complexity index is 1140. The molecule has 0 radical (unpaired) electrons. The fraction of sp³-hybridized carbons (Fsp3) is 0.321. The molecule has 1 atom stereocenters. The van der Waals surface area contributed by atoms with Crippen LogP contribution in [0.1, 0.15) is 69.8 Å². The summed E-state index contributed by atoms with van der Waals surface area (Å²) in [4.78, 5) is 22.7. The summed E-state index contributed by atoms with van der Waals surface area (Å²) in [6.07, 6.45) is 9.58. The number of carbonyl (C=O) groups is 1. The van der Waals surface area contributed by atoms with Gasteiger partial charge in [0, 0.05) is 30.4 Å². The highest BCUT2D eigenvalue weighted by molar-refractivity contribution is 6.20. The molecule has 0 saturated heterocycles. The summed E-state index contributed by atoms with van der Waals surface area (Å²) in [5, 5.41) is 7.53. The Kier molecular flexibility index (Phi) is 11.5. The molecule has 0 aliphatic heterocycles. The third-order valence-corrected chi connectivity index (χ3v) is 5.15. The molecular weight excluding hydrogens is 457 g/mol. The van der Waals surface area contributed by atoms with Gasteiger partial charge in [-0.15, -0.1) is 0 Å². The van der Waals surface area contributed by atoms with Gasteiger partial charge >= 0.3 is 0 Å². The molecule has 0 bridgehead atoms. The van der Waals surface area contributed by atoms with Crippen molar-refractivity contribution < 1.29 is 14.0 Å². The number of nitrogens with zero attached hydrogens (tertiary/aromatic N) is 3. The van der Waals surface area contributed by atoms with E-state index in [9.17, 15) is 9.18 Å². The molecule has 0 saturated carbocycles. The summed E-state index contributed by atoms with van der Waals surface area (Å²) in [6, 6.07) is 9.40. The van der Waals surface area contributed by atoms with Gasteiger partial charge in [-0.25, -0.2) is 14.1 Å². The smallest absolute Gasteiger partial charge is 0.252 e. The number of carbonyl (C=O) groups excluding carboxylic acids is 1. The summed E-state index contributed by atoms with van der Waals surface area (Å²) in [5.41, 5.74) is 5.90. The highest BCUT2D eigenvalue weighted by atomic mass is 19.1. The molecule has 1 amide bonds. The van der Waals surface area contributed by atoms with E-state index >= 15 is 0 Å². The van der Waals surface area contributed by atoms with Crippen LogP contribution >= 0.6 is 0 Å². The second kappa shape index (κ2) is 14.6. The molecule has 2 N–H and O–H groups in total. The van der Waals surface area contributed by atoms with E-state index in [0.717, 1.165) is 18.4 Å². The second-order valence-electron chi connectivity index (χ2n) is 8.00. The van der Waals surface area contributed by atoms with Crippen LogP contribution in [0.25, 0.3) is 17.3 Å². The Labute approximate surface area is 213 Å². The summed E-state index contributed by atoms with van der Waals surface area (Å²) in [5.74, 6) is -0.115. The summed E-state index contributed by atoms with van der Waals surface area (Å²) in [7, 11) is 1.66. The molecule has 3 rings (SSSR count). The molecule has 7 nitrogen and oxygen atoms in total. The highest BCUT2D eigenvalue weighted by Crippen LogP contribution is 2.26. The molecule has 1 unspecified atom stereocenters. The van der Waals surface area contributed by atoms with Gasteiger partial charge in [-0.3, -0.25) is 4.79 Å². The average molecular weight is 494 g/mol. The van der Waals surface area contributed by atoms with Gasteiger partial charge in [-0.2, -0.15) is 10.6 Å². The van der Waals surface area contributed by atoms with Crippen molar-refractivity contribution in [2.24, 2.45) is 0 Å². The molecule has 1 aromatic carbocycles. The molecule has 2 heterocycles. The first kappa shape index (κ1) is 28.5. The van der Waals surface area contributed by atoms with Crippen molar-refractivity contribution in [2.75, 3.05) is 7.05 Å². The van der Waals surface area contributed by atoms with E-state index in [-0.39, 0.29) is 17.8 Å². The third kappa shape index (κ3) is 7.36. The van der Waals surface area contributed by atoms with Crippen LogP contribution in [-0.2, 0) is 4.79 Å². The van der Waals surface area contributed by atoms with Crippen LogP contribution in [0.4, 0.5) is 4.39 Å². The predicted octanol–water partition coefficient (Wildman–Crippen LogP) is 6.04. The number of hydrogen-bond acceptors (Lipinski definition) is 5. The average Bonchev–Trinajstić information content (AvgIpc) is 3.29. The lowest BCUT2D eigenvalue weighted by Gasteiger charge is -2.20. The Morgan fingerprint density at radius 2 is 1.86 bits per heavy atom. The third-order valence-electron chi connectivity index (χ3n) is 5.15. The number of hydrogen-bond donors (Lipinski definition) is 2. The molecule has 36 heavy (non-hydrogen) atoms. The fourth-order valence-electron chi connectivity index (χ4n) is 3.57. The van der Waals surface area contributed by atoms with Crippen molar-refractivity contribution in [1.82, 2.24) is 25.6 Å². The molecule has 2 aromatic heterocycles. The molecule has 0 spiro atoms. The molecule has 0 fully saturated rings. The number of nitrogens with one attached hydrogen (secondary N) is 2. The fourth-order valence-corrected chi connectivity index (χ4v) is 3.57. The van der Waals surface area contributed by atoms with Crippen LogP contribution in [0.2, 0.25) is 0 Å². The van der Waals surface area contributed by atoms with Gasteiger partial charge in [0.2, 0.25) is 5.88 Å². The normalized spacial score (nSPS) is 11.8. The van der Waals surface area contributed by atoms with Crippen molar-refractivity contribution in [3.05, 3.63) is 84.1 Å². The SMILES string of the molecule is C=Cc1c(/C(=C\C)C(=O)NC(CCC)c2ccc(ONC)nc2)cnn1-c1ccc(F)cc1.CCC. The molecule has 0 aliphatic carbocycles. The van der Waals surface area contributed by atoms with Crippen molar-refractivity contribution in [3.8, 4) is 11.6 Å². The standard InChI is InChI=1S/C25H28FN5O2.C3H8/c1-5-8-22(17-9-14-24(28-15-17)33-27-4)30-25(32)20(6-2)21-16-29-31(23(21)7-3)19-12-10-18(26)11-13-19;1-3-2/h6-7,9-16,22,27H,3,5,8H2,1-2,4H3,(H,30,32);3H2,1-2H3/b20-6+;. The minimum absolute atomic E-state index is 0.215. The minimum Gasteiger partial charge on any atom is -0.389 e. The van der Waals surface area contributed by atoms with Crippen LogP contribution in [0.15, 0.2) is 61.4 Å². The maximum absolute atomic E-state index is 13.3. The first-order valence-corrected chi connectivity index (χ1v) is 12.2. The van der Waals surface area contributed by atoms with Crippen LogP contribution in [0, 0.1) is 5.82 Å². The summed E-state index contributed by atoms with van der Waals surface area (Å²) >= 11 is 0. The van der Waals surface area contributed by atoms with E-state index in [4.69, 9.17) is 4.84 Å². The lowest BCUT2D eigenvalue weighted by atomic mass is 10.0. The van der Waals surface area contributed by atoms with Crippen LogP contribution in [0.5, 0.6) is 5.88 Å². The van der Waals surface area contributed by atoms with Gasteiger partial charge in [0.25, 0.3) is 5.91 Å². The van der Waals surface area contributed by atoms with E-state index in [1.807, 2.05) is 6.07 Å². The topological polar surface area (TPSA) is 81.1 Å². The zero-order valence-corrected chi connectivity index (χ0v) is 21.7. The minimum atomic E-state index is -0.332. The monoisotopic (exact) mass is 493 g/mol. The zero-order valence-electron chi connectivity index (χ0n) is 21.7. The van der Waals surface area contributed by atoms with Crippen LogP contribution < -0.4 is 15.6 Å². The summed E-state index contributed by atoms with van der Waals surface area (Å²) < 4.78 is 15.0. The quantitative estimate of drug-likeness (QED) is 0.266. The maximum atomic E-state index is 13.3. The Balaban J connectivity index is 0.00000145. The summed E-state index contributed by atoms with van der Waals surface area (Å²) in [6.45, 7) is 12.0. The molecule has 3 aromatic rings. The van der Waals surface area contributed by atoms with Crippen LogP contribution in [-0.4, -0.2) is 27.7 Å². The number of rotatable bonds is 10. The van der Waals surface area contributed by atoms with E-state index in [1.54, 1.807) is 61.4 Å². The van der Waals surface area contributed by atoms with Crippen molar-refractivity contribution >= 4 is 17.6 Å². The molecule has 0 aliphatic rings. The van der Waals surface area contributed by atoms with Crippen molar-refractivity contribution in [2.45, 2.75) is 53.0 Å². The van der Waals surface area contributed by atoms with Gasteiger partial charge in [0.1, 0.15) is 5.82 Å². The predicted molar refractivity (Wildman–Crippen MR) is 143 cm³/mol. The second-order valence-corrected chi connectivity index (χ2v) is 8.00. The first-order valence-electron chi connectivity index (χ1n) is 12.2. The maximum Gasteiger partial charge on any atom is 0.252 e. The number of allylic oxidation sites excluding steroid dienone is 1. The number of halogens is 1. The van der Waals surface area contributed by atoms with E-state index < -0.39 is 0 Å². The van der Waals surface area contributed by atoms with Gasteiger partial charge in [0.05, 0.1) is 23.6 Å².